The van der Waals surface area contributed by atoms with Crippen LogP contribution in [0.3, 0.4) is 0 Å². The van der Waals surface area contributed by atoms with E-state index in [-0.39, 0.29) is 17.8 Å². The second kappa shape index (κ2) is 5.86. The van der Waals surface area contributed by atoms with Gasteiger partial charge in [0.2, 0.25) is 5.91 Å². The lowest BCUT2D eigenvalue weighted by Gasteiger charge is -2.36. The molecule has 0 saturated carbocycles. The van der Waals surface area contributed by atoms with Gasteiger partial charge in [-0.05, 0) is 42.7 Å². The highest BCUT2D eigenvalue weighted by molar-refractivity contribution is 6.30. The molecule has 108 valence electrons. The highest BCUT2D eigenvalue weighted by atomic mass is 35.5. The molecule has 2 nitrogen and oxygen atoms in total. The van der Waals surface area contributed by atoms with Gasteiger partial charge < -0.3 is 4.90 Å². The van der Waals surface area contributed by atoms with Crippen LogP contribution in [0.15, 0.2) is 48.5 Å². The number of hydrogen-bond donors (Lipinski definition) is 0. The highest BCUT2D eigenvalue weighted by Gasteiger charge is 2.31. The molecular weight excluding hydrogens is 289 g/mol. The van der Waals surface area contributed by atoms with E-state index in [1.165, 1.54) is 6.07 Å². The molecule has 2 aromatic carbocycles. The molecule has 1 aliphatic rings. The number of para-hydroxylation sites is 1. The van der Waals surface area contributed by atoms with Crippen molar-refractivity contribution in [2.75, 3.05) is 4.90 Å². The van der Waals surface area contributed by atoms with Crippen molar-refractivity contribution in [2.45, 2.75) is 25.3 Å². The zero-order valence-corrected chi connectivity index (χ0v) is 12.2. The van der Waals surface area contributed by atoms with Crippen LogP contribution in [0.2, 0.25) is 5.02 Å². The van der Waals surface area contributed by atoms with Gasteiger partial charge in [-0.2, -0.15) is 0 Å². The van der Waals surface area contributed by atoms with Crippen molar-refractivity contribution in [3.8, 4) is 0 Å². The molecule has 0 radical (unpaired) electrons. The molecule has 0 N–H and O–H groups in total. The van der Waals surface area contributed by atoms with Crippen LogP contribution in [-0.2, 0) is 4.79 Å². The standard InChI is InChI=1S/C17H15ClFNO/c18-13-10-8-12(9-11-13)15-6-3-7-17(21)20(15)16-5-2-1-4-14(16)19/h1-2,4-5,8-11,15H,3,6-7H2. The maximum absolute atomic E-state index is 14.1. The summed E-state index contributed by atoms with van der Waals surface area (Å²) in [6, 6.07) is 13.7. The Kier molecular flexibility index (Phi) is 3.93. The topological polar surface area (TPSA) is 20.3 Å². The zero-order valence-electron chi connectivity index (χ0n) is 11.4. The fraction of sp³-hybridized carbons (Fsp3) is 0.235. The molecule has 1 amide bonds. The normalized spacial score (nSPS) is 18.9. The van der Waals surface area contributed by atoms with E-state index in [1.54, 1.807) is 35.2 Å². The molecule has 1 atom stereocenters. The zero-order chi connectivity index (χ0) is 14.8. The van der Waals surface area contributed by atoms with E-state index in [2.05, 4.69) is 0 Å². The van der Waals surface area contributed by atoms with Crippen molar-refractivity contribution in [2.24, 2.45) is 0 Å². The molecular formula is C17H15ClFNO. The number of piperidine rings is 1. The van der Waals surface area contributed by atoms with Crippen molar-refractivity contribution in [3.63, 3.8) is 0 Å². The smallest absolute Gasteiger partial charge is 0.227 e. The van der Waals surface area contributed by atoms with Crippen molar-refractivity contribution in [3.05, 3.63) is 64.9 Å². The van der Waals surface area contributed by atoms with Crippen LogP contribution in [0, 0.1) is 5.82 Å². The van der Waals surface area contributed by atoms with Crippen LogP contribution < -0.4 is 4.90 Å². The van der Waals surface area contributed by atoms with Crippen LogP contribution in [0.4, 0.5) is 10.1 Å². The molecule has 1 heterocycles. The van der Waals surface area contributed by atoms with E-state index in [0.717, 1.165) is 18.4 Å². The summed E-state index contributed by atoms with van der Waals surface area (Å²) >= 11 is 5.92. The Morgan fingerprint density at radius 1 is 1.10 bits per heavy atom. The Hall–Kier alpha value is -1.87. The summed E-state index contributed by atoms with van der Waals surface area (Å²) < 4.78 is 14.1. The maximum Gasteiger partial charge on any atom is 0.227 e. The Labute approximate surface area is 128 Å². The van der Waals surface area contributed by atoms with E-state index in [4.69, 9.17) is 11.6 Å². The summed E-state index contributed by atoms with van der Waals surface area (Å²) in [5.41, 5.74) is 1.33. The fourth-order valence-electron chi connectivity index (χ4n) is 2.82. The molecule has 1 aliphatic heterocycles. The minimum Gasteiger partial charge on any atom is -0.302 e. The predicted octanol–water partition coefficient (Wildman–Crippen LogP) is 4.74. The predicted molar refractivity (Wildman–Crippen MR) is 81.9 cm³/mol. The van der Waals surface area contributed by atoms with Gasteiger partial charge in [0.1, 0.15) is 5.82 Å². The Morgan fingerprint density at radius 3 is 2.52 bits per heavy atom. The van der Waals surface area contributed by atoms with Gasteiger partial charge in [0.05, 0.1) is 11.7 Å². The molecule has 0 bridgehead atoms. The first-order valence-corrected chi connectivity index (χ1v) is 7.36. The molecule has 4 heteroatoms. The second-order valence-electron chi connectivity index (χ2n) is 5.17. The molecule has 0 spiro atoms. The largest absolute Gasteiger partial charge is 0.302 e. The third-order valence-corrected chi connectivity index (χ3v) is 4.07. The number of anilines is 1. The molecule has 0 aromatic heterocycles. The summed E-state index contributed by atoms with van der Waals surface area (Å²) in [6.07, 6.45) is 2.09. The van der Waals surface area contributed by atoms with Gasteiger partial charge in [-0.1, -0.05) is 35.9 Å². The highest BCUT2D eigenvalue weighted by Crippen LogP contribution is 2.37. The first-order valence-electron chi connectivity index (χ1n) is 6.99. The number of amides is 1. The number of carbonyl (C=O) groups is 1. The average molecular weight is 304 g/mol. The summed E-state index contributed by atoms with van der Waals surface area (Å²) in [5.74, 6) is -0.405. The molecule has 1 fully saturated rings. The van der Waals surface area contributed by atoms with E-state index >= 15 is 0 Å². The van der Waals surface area contributed by atoms with Crippen LogP contribution in [-0.4, -0.2) is 5.91 Å². The van der Waals surface area contributed by atoms with Gasteiger partial charge >= 0.3 is 0 Å². The van der Waals surface area contributed by atoms with Crippen molar-refractivity contribution < 1.29 is 9.18 Å². The van der Waals surface area contributed by atoms with E-state index in [1.807, 2.05) is 12.1 Å². The van der Waals surface area contributed by atoms with Gasteiger partial charge in [-0.15, -0.1) is 0 Å². The van der Waals surface area contributed by atoms with Gasteiger partial charge in [0.15, 0.2) is 0 Å². The molecule has 0 aliphatic carbocycles. The minimum atomic E-state index is -0.369. The number of hydrogen-bond acceptors (Lipinski definition) is 1. The second-order valence-corrected chi connectivity index (χ2v) is 5.61. The van der Waals surface area contributed by atoms with Gasteiger partial charge in [0, 0.05) is 11.4 Å². The van der Waals surface area contributed by atoms with E-state index in [9.17, 15) is 9.18 Å². The third kappa shape index (κ3) is 2.79. The number of halogens is 2. The van der Waals surface area contributed by atoms with Crippen molar-refractivity contribution >= 4 is 23.2 Å². The summed E-state index contributed by atoms with van der Waals surface area (Å²) in [5, 5.41) is 0.651. The number of nitrogens with zero attached hydrogens (tertiary/aromatic N) is 1. The van der Waals surface area contributed by atoms with E-state index in [0.29, 0.717) is 17.1 Å². The number of carbonyl (C=O) groups excluding carboxylic acids is 1. The fourth-order valence-corrected chi connectivity index (χ4v) is 2.95. The van der Waals surface area contributed by atoms with Crippen molar-refractivity contribution in [1.29, 1.82) is 0 Å². The first kappa shape index (κ1) is 14.1. The quantitative estimate of drug-likeness (QED) is 0.785. The lowest BCUT2D eigenvalue weighted by atomic mass is 9.94. The van der Waals surface area contributed by atoms with Crippen LogP contribution in [0.25, 0.3) is 0 Å². The molecule has 1 saturated heterocycles. The number of rotatable bonds is 2. The molecule has 21 heavy (non-hydrogen) atoms. The lowest BCUT2D eigenvalue weighted by molar-refractivity contribution is -0.120. The molecule has 3 rings (SSSR count). The van der Waals surface area contributed by atoms with Gasteiger partial charge in [-0.3, -0.25) is 4.79 Å². The van der Waals surface area contributed by atoms with Crippen LogP contribution in [0.1, 0.15) is 30.9 Å². The Morgan fingerprint density at radius 2 is 1.81 bits per heavy atom. The SMILES string of the molecule is O=C1CCCC(c2ccc(Cl)cc2)N1c1ccccc1F. The molecule has 2 aromatic rings. The summed E-state index contributed by atoms with van der Waals surface area (Å²) in [4.78, 5) is 13.9. The Bertz CT molecular complexity index is 656. The van der Waals surface area contributed by atoms with E-state index < -0.39 is 0 Å². The summed E-state index contributed by atoms with van der Waals surface area (Å²) in [6.45, 7) is 0. The van der Waals surface area contributed by atoms with Crippen LogP contribution >= 0.6 is 11.6 Å². The molecule has 1 unspecified atom stereocenters. The maximum atomic E-state index is 14.1. The summed E-state index contributed by atoms with van der Waals surface area (Å²) in [7, 11) is 0. The minimum absolute atomic E-state index is 0.0358. The monoisotopic (exact) mass is 303 g/mol. The third-order valence-electron chi connectivity index (χ3n) is 3.82. The van der Waals surface area contributed by atoms with Crippen molar-refractivity contribution in [1.82, 2.24) is 0 Å². The average Bonchev–Trinajstić information content (AvgIpc) is 2.49. The lowest BCUT2D eigenvalue weighted by Crippen LogP contribution is -2.38. The first-order chi connectivity index (χ1) is 10.2. The Balaban J connectivity index is 2.03. The van der Waals surface area contributed by atoms with Gasteiger partial charge in [-0.25, -0.2) is 4.39 Å². The van der Waals surface area contributed by atoms with Crippen LogP contribution in [0.5, 0.6) is 0 Å². The number of benzene rings is 2. The van der Waals surface area contributed by atoms with Gasteiger partial charge in [0.25, 0.3) is 0 Å².